The molecule has 0 aromatic heterocycles. The number of rotatable bonds is 3. The number of nitro benzene ring substituents is 1. The predicted octanol–water partition coefficient (Wildman–Crippen LogP) is 1.87. The van der Waals surface area contributed by atoms with Gasteiger partial charge in [0.05, 0.1) is 18.1 Å². The third-order valence-corrected chi connectivity index (χ3v) is 2.06. The van der Waals surface area contributed by atoms with E-state index in [1.165, 1.54) is 25.1 Å². The molecule has 1 aliphatic rings. The quantitative estimate of drug-likeness (QED) is 0.209. The van der Waals surface area contributed by atoms with Gasteiger partial charge in [0, 0.05) is 11.6 Å². The van der Waals surface area contributed by atoms with Gasteiger partial charge in [-0.25, -0.2) is 9.59 Å². The minimum atomic E-state index is -1.06. The first-order chi connectivity index (χ1) is 9.43. The highest BCUT2D eigenvalue weighted by molar-refractivity contribution is 6.03. The molecule has 106 valence electrons. The molecule has 0 aliphatic carbocycles. The molecule has 0 N–H and O–H groups in total. The standard InChI is InChI=1S/C11H9NO5.C2H4O/c1-7(2)10(13)17-11(14)8-5-3-4-6-9(8)12(15)16;1-2-3-1/h3-6H,1H2,2H3;1-2H2. The Bertz CT molecular complexity index is 547. The second-order valence-electron chi connectivity index (χ2n) is 3.84. The molecule has 0 atom stereocenters. The summed E-state index contributed by atoms with van der Waals surface area (Å²) in [4.78, 5) is 32.5. The highest BCUT2D eigenvalue weighted by Gasteiger charge is 2.22. The lowest BCUT2D eigenvalue weighted by atomic mass is 10.2. The van der Waals surface area contributed by atoms with E-state index in [-0.39, 0.29) is 11.1 Å². The first-order valence-corrected chi connectivity index (χ1v) is 5.66. The molecule has 1 aliphatic heterocycles. The van der Waals surface area contributed by atoms with Gasteiger partial charge in [-0.15, -0.1) is 0 Å². The van der Waals surface area contributed by atoms with Crippen LogP contribution in [0.2, 0.25) is 0 Å². The summed E-state index contributed by atoms with van der Waals surface area (Å²) in [5, 5.41) is 10.6. The van der Waals surface area contributed by atoms with Gasteiger partial charge in [0.2, 0.25) is 0 Å². The van der Waals surface area contributed by atoms with Gasteiger partial charge in [0.15, 0.2) is 0 Å². The Labute approximate surface area is 114 Å². The summed E-state index contributed by atoms with van der Waals surface area (Å²) in [6.45, 7) is 6.67. The second kappa shape index (κ2) is 7.15. The molecule has 1 aromatic carbocycles. The van der Waals surface area contributed by atoms with Gasteiger partial charge in [-0.1, -0.05) is 18.7 Å². The lowest BCUT2D eigenvalue weighted by Gasteiger charge is -2.02. The largest absolute Gasteiger partial charge is 0.386 e. The first kappa shape index (κ1) is 15.5. The Morgan fingerprint density at radius 1 is 1.35 bits per heavy atom. The zero-order chi connectivity index (χ0) is 15.1. The van der Waals surface area contributed by atoms with Crippen LogP contribution in [-0.4, -0.2) is 30.1 Å². The molecule has 7 nitrogen and oxygen atoms in total. The third kappa shape index (κ3) is 4.99. The van der Waals surface area contributed by atoms with Gasteiger partial charge in [0.25, 0.3) is 5.69 Å². The number of hydrogen-bond donors (Lipinski definition) is 0. The minimum Gasteiger partial charge on any atom is -0.386 e. The zero-order valence-corrected chi connectivity index (χ0v) is 10.8. The molecule has 1 saturated heterocycles. The number of nitrogens with zero attached hydrogens (tertiary/aromatic N) is 1. The Morgan fingerprint density at radius 3 is 2.35 bits per heavy atom. The van der Waals surface area contributed by atoms with Crippen LogP contribution >= 0.6 is 0 Å². The van der Waals surface area contributed by atoms with E-state index in [9.17, 15) is 19.7 Å². The van der Waals surface area contributed by atoms with E-state index in [1.54, 1.807) is 0 Å². The number of epoxide rings is 1. The summed E-state index contributed by atoms with van der Waals surface area (Å²) in [6, 6.07) is 5.22. The van der Waals surface area contributed by atoms with Crippen molar-refractivity contribution in [1.29, 1.82) is 0 Å². The first-order valence-electron chi connectivity index (χ1n) is 5.66. The number of para-hydroxylation sites is 1. The molecule has 0 saturated carbocycles. The molecule has 0 bridgehead atoms. The van der Waals surface area contributed by atoms with Crippen LogP contribution in [0.1, 0.15) is 17.3 Å². The van der Waals surface area contributed by atoms with Gasteiger partial charge in [-0.3, -0.25) is 10.1 Å². The number of esters is 2. The van der Waals surface area contributed by atoms with E-state index in [2.05, 4.69) is 16.1 Å². The zero-order valence-electron chi connectivity index (χ0n) is 10.8. The van der Waals surface area contributed by atoms with Crippen molar-refractivity contribution in [2.75, 3.05) is 13.2 Å². The van der Waals surface area contributed by atoms with Gasteiger partial charge < -0.3 is 9.47 Å². The number of benzene rings is 1. The number of ether oxygens (including phenoxy) is 2. The highest BCUT2D eigenvalue weighted by Crippen LogP contribution is 2.18. The summed E-state index contributed by atoms with van der Waals surface area (Å²) in [6.07, 6.45) is 0. The van der Waals surface area contributed by atoms with Crippen molar-refractivity contribution in [3.8, 4) is 0 Å². The molecule has 1 aromatic rings. The topological polar surface area (TPSA) is 99.0 Å². The Hall–Kier alpha value is -2.54. The van der Waals surface area contributed by atoms with E-state index in [4.69, 9.17) is 0 Å². The third-order valence-electron chi connectivity index (χ3n) is 2.06. The average Bonchev–Trinajstić information content (AvgIpc) is 3.26. The summed E-state index contributed by atoms with van der Waals surface area (Å²) in [5.41, 5.74) is -0.643. The van der Waals surface area contributed by atoms with E-state index in [0.717, 1.165) is 19.3 Å². The van der Waals surface area contributed by atoms with E-state index < -0.39 is 22.5 Å². The maximum absolute atomic E-state index is 11.5. The van der Waals surface area contributed by atoms with Crippen LogP contribution in [0.25, 0.3) is 0 Å². The van der Waals surface area contributed by atoms with Gasteiger partial charge in [0.1, 0.15) is 5.56 Å². The second-order valence-corrected chi connectivity index (χ2v) is 3.84. The fraction of sp³-hybridized carbons (Fsp3) is 0.231. The highest BCUT2D eigenvalue weighted by atomic mass is 16.6. The van der Waals surface area contributed by atoms with Crippen molar-refractivity contribution in [2.24, 2.45) is 0 Å². The van der Waals surface area contributed by atoms with Crippen LogP contribution in [0.5, 0.6) is 0 Å². The van der Waals surface area contributed by atoms with E-state index >= 15 is 0 Å². The molecular formula is C13H13NO6. The van der Waals surface area contributed by atoms with Crippen LogP contribution in [0, 0.1) is 10.1 Å². The lowest BCUT2D eigenvalue weighted by molar-refractivity contribution is -0.385. The maximum atomic E-state index is 11.5. The molecule has 1 fully saturated rings. The monoisotopic (exact) mass is 279 g/mol. The summed E-state index contributed by atoms with van der Waals surface area (Å²) < 4.78 is 8.91. The summed E-state index contributed by atoms with van der Waals surface area (Å²) >= 11 is 0. The molecular weight excluding hydrogens is 266 g/mol. The molecule has 0 spiro atoms. The van der Waals surface area contributed by atoms with Crippen molar-refractivity contribution < 1.29 is 24.0 Å². The van der Waals surface area contributed by atoms with Gasteiger partial charge in [-0.2, -0.15) is 0 Å². The van der Waals surface area contributed by atoms with Crippen molar-refractivity contribution in [1.82, 2.24) is 0 Å². The maximum Gasteiger partial charge on any atom is 0.353 e. The molecule has 7 heteroatoms. The van der Waals surface area contributed by atoms with E-state index in [0.29, 0.717) is 0 Å². The Morgan fingerprint density at radius 2 is 1.90 bits per heavy atom. The van der Waals surface area contributed by atoms with Crippen molar-refractivity contribution in [3.05, 3.63) is 52.1 Å². The lowest BCUT2D eigenvalue weighted by Crippen LogP contribution is -2.14. The summed E-state index contributed by atoms with van der Waals surface area (Å²) in [7, 11) is 0. The van der Waals surface area contributed by atoms with Crippen molar-refractivity contribution >= 4 is 17.6 Å². The number of nitro groups is 1. The normalized spacial score (nSPS) is 11.7. The van der Waals surface area contributed by atoms with Crippen molar-refractivity contribution in [3.63, 3.8) is 0 Å². The van der Waals surface area contributed by atoms with Crippen LogP contribution in [-0.2, 0) is 14.3 Å². The predicted molar refractivity (Wildman–Crippen MR) is 69.2 cm³/mol. The molecule has 0 unspecified atom stereocenters. The summed E-state index contributed by atoms with van der Waals surface area (Å²) in [5.74, 6) is -1.97. The van der Waals surface area contributed by atoms with Crippen LogP contribution < -0.4 is 0 Å². The molecule has 0 radical (unpaired) electrons. The van der Waals surface area contributed by atoms with Crippen LogP contribution in [0.15, 0.2) is 36.4 Å². The SMILES string of the molecule is C1CO1.C=C(C)C(=O)OC(=O)c1ccccc1[N+](=O)[O-]. The average molecular weight is 279 g/mol. The Kier molecular flexibility index (Phi) is 5.55. The van der Waals surface area contributed by atoms with Gasteiger partial charge >= 0.3 is 11.9 Å². The molecule has 0 amide bonds. The van der Waals surface area contributed by atoms with Crippen LogP contribution in [0.3, 0.4) is 0 Å². The Balaban J connectivity index is 0.000000584. The minimum absolute atomic E-state index is 0.0388. The fourth-order valence-electron chi connectivity index (χ4n) is 1.03. The van der Waals surface area contributed by atoms with E-state index in [1.807, 2.05) is 0 Å². The number of carbonyl (C=O) groups excluding carboxylic acids is 2. The molecule has 20 heavy (non-hydrogen) atoms. The number of hydrogen-bond acceptors (Lipinski definition) is 6. The molecule has 2 rings (SSSR count). The van der Waals surface area contributed by atoms with Crippen molar-refractivity contribution in [2.45, 2.75) is 6.92 Å². The van der Waals surface area contributed by atoms with Gasteiger partial charge in [-0.05, 0) is 13.0 Å². The van der Waals surface area contributed by atoms with Crippen LogP contribution in [0.4, 0.5) is 5.69 Å². The fourth-order valence-corrected chi connectivity index (χ4v) is 1.03. The number of carbonyl (C=O) groups is 2. The molecule has 1 heterocycles. The smallest absolute Gasteiger partial charge is 0.353 e.